The second-order valence-electron chi connectivity index (χ2n) is 9.60. The molecule has 2 amide bonds. The zero-order chi connectivity index (χ0) is 30.6. The van der Waals surface area contributed by atoms with E-state index in [1.165, 1.54) is 24.3 Å². The smallest absolute Gasteiger partial charge is 0.464 e. The van der Waals surface area contributed by atoms with Gasteiger partial charge in [0.2, 0.25) is 0 Å². The van der Waals surface area contributed by atoms with E-state index in [-0.39, 0.29) is 37.0 Å². The van der Waals surface area contributed by atoms with Gasteiger partial charge >= 0.3 is 24.7 Å². The zero-order valence-corrected chi connectivity index (χ0v) is 22.1. The van der Waals surface area contributed by atoms with Gasteiger partial charge in [-0.25, -0.2) is 9.59 Å². The number of halogens is 6. The van der Waals surface area contributed by atoms with E-state index in [0.717, 1.165) is 24.3 Å². The molecular formula is C29H26F6N2O5. The van der Waals surface area contributed by atoms with E-state index >= 15 is 0 Å². The standard InChI is InChI=1S/C29H26F6N2O5/c1-2-40-24(38)26(14-15-26)36-25(39)37-27(18-19-8-4-3-5-9-19,20-10-6-12-22(16-20)41-28(30,31)32)21-11-7-13-23(17-21)42-29(33,34)35/h3-13,16-17H,2,14-15,18H2,1H3,(H2,36,37,39). The van der Waals surface area contributed by atoms with Crippen LogP contribution in [0.4, 0.5) is 31.1 Å². The predicted octanol–water partition coefficient (Wildman–Crippen LogP) is 6.37. The molecule has 42 heavy (non-hydrogen) atoms. The van der Waals surface area contributed by atoms with Crippen LogP contribution in [0.25, 0.3) is 0 Å². The Balaban J connectivity index is 1.86. The van der Waals surface area contributed by atoms with Crippen molar-refractivity contribution in [3.8, 4) is 11.5 Å². The summed E-state index contributed by atoms with van der Waals surface area (Å²) in [6, 6.07) is 17.0. The average Bonchev–Trinajstić information content (AvgIpc) is 3.68. The van der Waals surface area contributed by atoms with Gasteiger partial charge in [-0.3, -0.25) is 0 Å². The fraction of sp³-hybridized carbons (Fsp3) is 0.310. The van der Waals surface area contributed by atoms with Crippen molar-refractivity contribution < 1.29 is 50.1 Å². The van der Waals surface area contributed by atoms with E-state index in [2.05, 4.69) is 20.1 Å². The highest BCUT2D eigenvalue weighted by molar-refractivity contribution is 5.90. The van der Waals surface area contributed by atoms with Crippen molar-refractivity contribution in [2.24, 2.45) is 0 Å². The summed E-state index contributed by atoms with van der Waals surface area (Å²) in [5.41, 5.74) is -2.41. The summed E-state index contributed by atoms with van der Waals surface area (Å²) in [5.74, 6) is -1.89. The van der Waals surface area contributed by atoms with Gasteiger partial charge in [0.05, 0.1) is 12.1 Å². The van der Waals surface area contributed by atoms with Crippen LogP contribution in [0, 0.1) is 0 Å². The van der Waals surface area contributed by atoms with E-state index in [4.69, 9.17) is 4.74 Å². The lowest BCUT2D eigenvalue weighted by molar-refractivity contribution is -0.275. The van der Waals surface area contributed by atoms with Crippen LogP contribution in [-0.4, -0.2) is 36.9 Å². The molecule has 13 heteroatoms. The second-order valence-corrected chi connectivity index (χ2v) is 9.60. The Hall–Kier alpha value is -4.42. The number of ether oxygens (including phenoxy) is 3. The molecule has 0 atom stereocenters. The molecule has 4 rings (SSSR count). The Bertz CT molecular complexity index is 1350. The summed E-state index contributed by atoms with van der Waals surface area (Å²) in [4.78, 5) is 26.0. The van der Waals surface area contributed by atoms with Gasteiger partial charge in [-0.15, -0.1) is 26.3 Å². The van der Waals surface area contributed by atoms with Crippen LogP contribution >= 0.6 is 0 Å². The topological polar surface area (TPSA) is 85.9 Å². The lowest BCUT2D eigenvalue weighted by Crippen LogP contribution is -2.56. The molecule has 1 fully saturated rings. The molecule has 0 radical (unpaired) electrons. The Morgan fingerprint density at radius 1 is 0.786 bits per heavy atom. The summed E-state index contributed by atoms with van der Waals surface area (Å²) in [7, 11) is 0. The molecule has 0 heterocycles. The first kappa shape index (κ1) is 30.5. The van der Waals surface area contributed by atoms with Crippen molar-refractivity contribution in [2.75, 3.05) is 6.61 Å². The summed E-state index contributed by atoms with van der Waals surface area (Å²) in [6.45, 7) is 1.67. The maximum absolute atomic E-state index is 13.5. The van der Waals surface area contributed by atoms with Gasteiger partial charge in [-0.2, -0.15) is 0 Å². The maximum Gasteiger partial charge on any atom is 0.573 e. The first-order valence-electron chi connectivity index (χ1n) is 12.8. The SMILES string of the molecule is CCOC(=O)C1(NC(=O)NC(Cc2ccccc2)(c2cccc(OC(F)(F)F)c2)c2cccc(OC(F)(F)F)c2)CC1. The zero-order valence-electron chi connectivity index (χ0n) is 22.1. The van der Waals surface area contributed by atoms with E-state index < -0.39 is 47.3 Å². The fourth-order valence-electron chi connectivity index (χ4n) is 4.60. The van der Waals surface area contributed by atoms with Crippen LogP contribution in [0.2, 0.25) is 0 Å². The Morgan fingerprint density at radius 3 is 1.76 bits per heavy atom. The fourth-order valence-corrected chi connectivity index (χ4v) is 4.60. The highest BCUT2D eigenvalue weighted by Gasteiger charge is 2.53. The number of hydrogen-bond donors (Lipinski definition) is 2. The molecule has 1 saturated carbocycles. The van der Waals surface area contributed by atoms with Crippen LogP contribution in [0.15, 0.2) is 78.9 Å². The van der Waals surface area contributed by atoms with Crippen molar-refractivity contribution in [1.29, 1.82) is 0 Å². The molecule has 1 aliphatic carbocycles. The third-order valence-corrected chi connectivity index (χ3v) is 6.53. The van der Waals surface area contributed by atoms with Crippen molar-refractivity contribution in [2.45, 2.75) is 50.0 Å². The number of nitrogens with one attached hydrogen (secondary N) is 2. The molecule has 0 spiro atoms. The Labute approximate surface area is 236 Å². The van der Waals surface area contributed by atoms with Gasteiger partial charge in [0.15, 0.2) is 0 Å². The monoisotopic (exact) mass is 596 g/mol. The lowest BCUT2D eigenvalue weighted by Gasteiger charge is -2.37. The molecule has 3 aromatic rings. The molecular weight excluding hydrogens is 570 g/mol. The number of carbonyl (C=O) groups excluding carboxylic acids is 2. The number of amides is 2. The van der Waals surface area contributed by atoms with Crippen LogP contribution in [-0.2, 0) is 21.5 Å². The van der Waals surface area contributed by atoms with Crippen LogP contribution in [0.1, 0.15) is 36.5 Å². The first-order chi connectivity index (χ1) is 19.7. The molecule has 2 N–H and O–H groups in total. The summed E-state index contributed by atoms with van der Waals surface area (Å²) in [6.07, 6.45) is -9.63. The lowest BCUT2D eigenvalue weighted by atomic mass is 9.77. The predicted molar refractivity (Wildman–Crippen MR) is 137 cm³/mol. The third-order valence-electron chi connectivity index (χ3n) is 6.53. The minimum absolute atomic E-state index is 0.0494. The molecule has 1 aliphatic rings. The van der Waals surface area contributed by atoms with Gasteiger partial charge in [-0.05, 0) is 60.7 Å². The summed E-state index contributed by atoms with van der Waals surface area (Å²) < 4.78 is 92.0. The molecule has 0 unspecified atom stereocenters. The van der Waals surface area contributed by atoms with E-state index in [1.54, 1.807) is 37.3 Å². The Kier molecular flexibility index (Phi) is 8.60. The van der Waals surface area contributed by atoms with E-state index in [1.807, 2.05) is 0 Å². The van der Waals surface area contributed by atoms with Gasteiger partial charge < -0.3 is 24.8 Å². The van der Waals surface area contributed by atoms with Gasteiger partial charge in [0, 0.05) is 6.42 Å². The minimum atomic E-state index is -5.04. The maximum atomic E-state index is 13.5. The number of rotatable bonds is 10. The molecule has 0 aliphatic heterocycles. The summed E-state index contributed by atoms with van der Waals surface area (Å²) in [5, 5.41) is 5.34. The van der Waals surface area contributed by atoms with Crippen molar-refractivity contribution in [3.63, 3.8) is 0 Å². The second kappa shape index (κ2) is 11.8. The molecule has 0 bridgehead atoms. The highest BCUT2D eigenvalue weighted by atomic mass is 19.4. The van der Waals surface area contributed by atoms with Gasteiger partial charge in [0.25, 0.3) is 0 Å². The largest absolute Gasteiger partial charge is 0.573 e. The number of carbonyl (C=O) groups is 2. The molecule has 3 aromatic carbocycles. The minimum Gasteiger partial charge on any atom is -0.464 e. The van der Waals surface area contributed by atoms with Crippen LogP contribution in [0.3, 0.4) is 0 Å². The van der Waals surface area contributed by atoms with Crippen molar-refractivity contribution in [3.05, 3.63) is 95.6 Å². The van der Waals surface area contributed by atoms with Crippen LogP contribution in [0.5, 0.6) is 11.5 Å². The number of hydrogen-bond acceptors (Lipinski definition) is 5. The van der Waals surface area contributed by atoms with Crippen LogP contribution < -0.4 is 20.1 Å². The van der Waals surface area contributed by atoms with Gasteiger partial charge in [0.1, 0.15) is 17.0 Å². The summed E-state index contributed by atoms with van der Waals surface area (Å²) >= 11 is 0. The van der Waals surface area contributed by atoms with E-state index in [0.29, 0.717) is 5.56 Å². The molecule has 7 nitrogen and oxygen atoms in total. The highest BCUT2D eigenvalue weighted by Crippen LogP contribution is 2.40. The average molecular weight is 597 g/mol. The first-order valence-corrected chi connectivity index (χ1v) is 12.8. The Morgan fingerprint density at radius 2 is 1.31 bits per heavy atom. The normalized spacial score (nSPS) is 14.5. The molecule has 0 saturated heterocycles. The molecule has 224 valence electrons. The number of esters is 1. The number of alkyl halides is 6. The number of benzene rings is 3. The third kappa shape index (κ3) is 7.65. The molecule has 0 aromatic heterocycles. The number of urea groups is 1. The van der Waals surface area contributed by atoms with Crippen molar-refractivity contribution in [1.82, 2.24) is 10.6 Å². The van der Waals surface area contributed by atoms with Crippen molar-refractivity contribution >= 4 is 12.0 Å². The quantitative estimate of drug-likeness (QED) is 0.210. The van der Waals surface area contributed by atoms with Gasteiger partial charge in [-0.1, -0.05) is 54.6 Å². The van der Waals surface area contributed by atoms with E-state index in [9.17, 15) is 35.9 Å².